The van der Waals surface area contributed by atoms with Gasteiger partial charge in [-0.25, -0.2) is 0 Å². The molecule has 0 aliphatic heterocycles. The van der Waals surface area contributed by atoms with E-state index in [0.717, 1.165) is 22.3 Å². The summed E-state index contributed by atoms with van der Waals surface area (Å²) in [5, 5.41) is 5.33. The topological polar surface area (TPSA) is 53.1 Å². The molecule has 0 N–H and O–H groups in total. The van der Waals surface area contributed by atoms with Crippen LogP contribution < -0.4 is 4.74 Å². The zero-order valence-corrected chi connectivity index (χ0v) is 16.0. The van der Waals surface area contributed by atoms with E-state index in [9.17, 15) is 0 Å². The van der Waals surface area contributed by atoms with Crippen LogP contribution in [0.4, 0.5) is 0 Å². The first kappa shape index (κ1) is 17.3. The van der Waals surface area contributed by atoms with Crippen molar-refractivity contribution in [3.63, 3.8) is 0 Å². The molecule has 2 aromatic carbocycles. The maximum absolute atomic E-state index is 5.87. The van der Waals surface area contributed by atoms with Crippen LogP contribution in [0.2, 0.25) is 0 Å². The lowest BCUT2D eigenvalue weighted by Gasteiger charge is -2.11. The fourth-order valence-electron chi connectivity index (χ4n) is 3.21. The number of hydrogen-bond acceptors (Lipinski definition) is 4. The SMILES string of the molecule is CC(C)Oc1ccccc1-c1noc(-c2ccc3c(ccn3C(C)C)c2)n1. The standard InChI is InChI=1S/C22H23N3O2/c1-14(2)25-12-11-16-13-17(9-10-19(16)25)22-23-21(24-27-22)18-7-5-6-8-20(18)26-15(3)4/h5-15H,1-4H3. The first-order chi connectivity index (χ1) is 13.0. The van der Waals surface area contributed by atoms with E-state index in [1.807, 2.05) is 44.2 Å². The number of hydrogen-bond donors (Lipinski definition) is 0. The van der Waals surface area contributed by atoms with Crippen LogP contribution in [-0.2, 0) is 0 Å². The van der Waals surface area contributed by atoms with Crippen LogP contribution in [0, 0.1) is 0 Å². The van der Waals surface area contributed by atoms with Gasteiger partial charge in [-0.05, 0) is 64.1 Å². The summed E-state index contributed by atoms with van der Waals surface area (Å²) in [6, 6.07) is 16.5. The molecular weight excluding hydrogens is 338 g/mol. The molecule has 0 aliphatic rings. The molecule has 0 radical (unpaired) electrons. The van der Waals surface area contributed by atoms with E-state index in [0.29, 0.717) is 17.8 Å². The minimum Gasteiger partial charge on any atom is -0.490 e. The summed E-state index contributed by atoms with van der Waals surface area (Å²) in [5.74, 6) is 1.79. The number of para-hydroxylation sites is 1. The molecule has 27 heavy (non-hydrogen) atoms. The minimum atomic E-state index is 0.0740. The molecule has 0 saturated heterocycles. The normalized spacial score (nSPS) is 11.6. The Kier molecular flexibility index (Phi) is 4.44. The fraction of sp³-hybridized carbons (Fsp3) is 0.273. The van der Waals surface area contributed by atoms with Crippen molar-refractivity contribution in [2.45, 2.75) is 39.8 Å². The smallest absolute Gasteiger partial charge is 0.258 e. The maximum atomic E-state index is 5.87. The molecule has 0 spiro atoms. The second kappa shape index (κ2) is 6.91. The molecule has 2 heterocycles. The van der Waals surface area contributed by atoms with E-state index in [2.05, 4.69) is 53.0 Å². The van der Waals surface area contributed by atoms with Gasteiger partial charge in [-0.15, -0.1) is 0 Å². The zero-order chi connectivity index (χ0) is 19.0. The van der Waals surface area contributed by atoms with Crippen LogP contribution in [0.1, 0.15) is 33.7 Å². The monoisotopic (exact) mass is 361 g/mol. The Morgan fingerprint density at radius 2 is 1.81 bits per heavy atom. The minimum absolute atomic E-state index is 0.0740. The van der Waals surface area contributed by atoms with Crippen molar-refractivity contribution in [3.8, 4) is 28.6 Å². The second-order valence-electron chi connectivity index (χ2n) is 7.18. The van der Waals surface area contributed by atoms with Gasteiger partial charge in [-0.1, -0.05) is 17.3 Å². The van der Waals surface area contributed by atoms with Gasteiger partial charge in [-0.2, -0.15) is 4.98 Å². The molecule has 2 aromatic heterocycles. The highest BCUT2D eigenvalue weighted by Crippen LogP contribution is 2.31. The molecule has 5 nitrogen and oxygen atoms in total. The van der Waals surface area contributed by atoms with Gasteiger partial charge in [0.1, 0.15) is 5.75 Å². The highest BCUT2D eigenvalue weighted by atomic mass is 16.5. The van der Waals surface area contributed by atoms with E-state index in [1.54, 1.807) is 0 Å². The molecule has 0 aliphatic carbocycles. The Morgan fingerprint density at radius 1 is 1.00 bits per heavy atom. The van der Waals surface area contributed by atoms with Gasteiger partial charge in [0.05, 0.1) is 11.7 Å². The highest BCUT2D eigenvalue weighted by Gasteiger charge is 2.16. The molecule has 0 amide bonds. The van der Waals surface area contributed by atoms with Crippen molar-refractivity contribution in [1.29, 1.82) is 0 Å². The third kappa shape index (κ3) is 3.33. The summed E-state index contributed by atoms with van der Waals surface area (Å²) in [6.45, 7) is 8.34. The van der Waals surface area contributed by atoms with Crippen molar-refractivity contribution in [3.05, 3.63) is 54.7 Å². The van der Waals surface area contributed by atoms with E-state index < -0.39 is 0 Å². The Morgan fingerprint density at radius 3 is 2.59 bits per heavy atom. The van der Waals surface area contributed by atoms with Gasteiger partial charge in [0.2, 0.25) is 5.82 Å². The number of rotatable bonds is 5. The van der Waals surface area contributed by atoms with Crippen LogP contribution >= 0.6 is 0 Å². The Hall–Kier alpha value is -3.08. The quantitative estimate of drug-likeness (QED) is 0.456. The molecule has 0 bridgehead atoms. The molecule has 4 aromatic rings. The average molecular weight is 361 g/mol. The average Bonchev–Trinajstić information content (AvgIpc) is 3.28. The molecule has 0 atom stereocenters. The first-order valence-electron chi connectivity index (χ1n) is 9.23. The lowest BCUT2D eigenvalue weighted by Crippen LogP contribution is -2.06. The van der Waals surface area contributed by atoms with Crippen LogP contribution in [-0.4, -0.2) is 20.8 Å². The lowest BCUT2D eigenvalue weighted by atomic mass is 10.1. The highest BCUT2D eigenvalue weighted by molar-refractivity contribution is 5.84. The summed E-state index contributed by atoms with van der Waals surface area (Å²) < 4.78 is 13.7. The zero-order valence-electron chi connectivity index (χ0n) is 16.0. The van der Waals surface area contributed by atoms with Crippen molar-refractivity contribution in [1.82, 2.24) is 14.7 Å². The van der Waals surface area contributed by atoms with Gasteiger partial charge in [0, 0.05) is 28.7 Å². The predicted molar refractivity (Wildman–Crippen MR) is 107 cm³/mol. The molecule has 5 heteroatoms. The van der Waals surface area contributed by atoms with Gasteiger partial charge in [-0.3, -0.25) is 0 Å². The summed E-state index contributed by atoms with van der Waals surface area (Å²) in [6.07, 6.45) is 2.18. The summed E-state index contributed by atoms with van der Waals surface area (Å²) in [7, 11) is 0. The first-order valence-corrected chi connectivity index (χ1v) is 9.23. The van der Waals surface area contributed by atoms with E-state index in [-0.39, 0.29) is 6.10 Å². The van der Waals surface area contributed by atoms with Crippen molar-refractivity contribution >= 4 is 10.9 Å². The van der Waals surface area contributed by atoms with Gasteiger partial charge in [0.25, 0.3) is 5.89 Å². The third-order valence-corrected chi connectivity index (χ3v) is 4.44. The van der Waals surface area contributed by atoms with E-state index >= 15 is 0 Å². The maximum Gasteiger partial charge on any atom is 0.258 e. The number of benzene rings is 2. The van der Waals surface area contributed by atoms with Crippen molar-refractivity contribution in [2.75, 3.05) is 0 Å². The van der Waals surface area contributed by atoms with Crippen molar-refractivity contribution < 1.29 is 9.26 Å². The van der Waals surface area contributed by atoms with Crippen LogP contribution in [0.5, 0.6) is 5.75 Å². The summed E-state index contributed by atoms with van der Waals surface area (Å²) in [5.41, 5.74) is 2.93. The van der Waals surface area contributed by atoms with Crippen LogP contribution in [0.15, 0.2) is 59.3 Å². The Balaban J connectivity index is 1.70. The number of aromatic nitrogens is 3. The van der Waals surface area contributed by atoms with Gasteiger partial charge >= 0.3 is 0 Å². The third-order valence-electron chi connectivity index (χ3n) is 4.44. The number of nitrogens with zero attached hydrogens (tertiary/aromatic N) is 3. The molecule has 0 unspecified atom stereocenters. The van der Waals surface area contributed by atoms with Gasteiger partial charge in [0.15, 0.2) is 0 Å². The largest absolute Gasteiger partial charge is 0.490 e. The fourth-order valence-corrected chi connectivity index (χ4v) is 3.21. The Labute approximate surface area is 158 Å². The molecule has 0 saturated carbocycles. The van der Waals surface area contributed by atoms with E-state index in [4.69, 9.17) is 9.26 Å². The predicted octanol–water partition coefficient (Wildman–Crippen LogP) is 5.73. The van der Waals surface area contributed by atoms with E-state index in [1.165, 1.54) is 5.52 Å². The number of ether oxygens (including phenoxy) is 1. The summed E-state index contributed by atoms with van der Waals surface area (Å²) >= 11 is 0. The second-order valence-corrected chi connectivity index (χ2v) is 7.18. The number of fused-ring (bicyclic) bond motifs is 1. The molecular formula is C22H23N3O2. The Bertz CT molecular complexity index is 1080. The molecule has 0 fully saturated rings. The van der Waals surface area contributed by atoms with Crippen LogP contribution in [0.25, 0.3) is 33.7 Å². The van der Waals surface area contributed by atoms with Gasteiger partial charge < -0.3 is 13.8 Å². The van der Waals surface area contributed by atoms with Crippen LogP contribution in [0.3, 0.4) is 0 Å². The lowest BCUT2D eigenvalue weighted by molar-refractivity contribution is 0.243. The van der Waals surface area contributed by atoms with Crippen molar-refractivity contribution in [2.24, 2.45) is 0 Å². The molecule has 138 valence electrons. The summed E-state index contributed by atoms with van der Waals surface area (Å²) in [4.78, 5) is 4.60. The molecule has 4 rings (SSSR count).